The molecule has 0 unspecified atom stereocenters. The maximum absolute atomic E-state index is 10.8. The molecule has 2 rings (SSSR count). The smallest absolute Gasteiger partial charge is 0.345 e. The van der Waals surface area contributed by atoms with Gasteiger partial charge < -0.3 is 5.11 Å². The standard InChI is InChI=1S/C9H4I2O2S/c10-5-1-4-2-7(9(12)13)14-8(4)6(11)3-5/h1-3H,(H,12,13). The van der Waals surface area contributed by atoms with Gasteiger partial charge in [-0.1, -0.05) is 0 Å². The number of hydrogen-bond donors (Lipinski definition) is 1. The van der Waals surface area contributed by atoms with E-state index in [1.165, 1.54) is 11.3 Å². The van der Waals surface area contributed by atoms with Crippen LogP contribution in [0.1, 0.15) is 9.67 Å². The van der Waals surface area contributed by atoms with Crippen molar-refractivity contribution in [3.05, 3.63) is 30.2 Å². The molecule has 72 valence electrons. The summed E-state index contributed by atoms with van der Waals surface area (Å²) in [6.07, 6.45) is 0. The summed E-state index contributed by atoms with van der Waals surface area (Å²) in [6, 6.07) is 5.78. The summed E-state index contributed by atoms with van der Waals surface area (Å²) in [4.78, 5) is 11.2. The highest BCUT2D eigenvalue weighted by atomic mass is 127. The predicted molar refractivity (Wildman–Crippen MR) is 74.2 cm³/mol. The molecular formula is C9H4I2O2S. The highest BCUT2D eigenvalue weighted by Crippen LogP contribution is 2.31. The molecule has 1 aromatic heterocycles. The van der Waals surface area contributed by atoms with Gasteiger partial charge in [-0.3, -0.25) is 0 Å². The molecule has 1 aromatic carbocycles. The Bertz CT molecular complexity index is 519. The largest absolute Gasteiger partial charge is 0.477 e. The molecule has 0 aliphatic rings. The number of aromatic carboxylic acids is 1. The second kappa shape index (κ2) is 3.93. The van der Waals surface area contributed by atoms with Crippen LogP contribution in [-0.2, 0) is 0 Å². The lowest BCUT2D eigenvalue weighted by molar-refractivity contribution is 0.0702. The lowest BCUT2D eigenvalue weighted by Gasteiger charge is -1.94. The van der Waals surface area contributed by atoms with Crippen molar-refractivity contribution in [1.82, 2.24) is 0 Å². The Labute approximate surface area is 112 Å². The van der Waals surface area contributed by atoms with Gasteiger partial charge in [-0.05, 0) is 68.8 Å². The Morgan fingerprint density at radius 3 is 2.64 bits per heavy atom. The van der Waals surface area contributed by atoms with Crippen LogP contribution in [0.3, 0.4) is 0 Å². The highest BCUT2D eigenvalue weighted by Gasteiger charge is 2.10. The highest BCUT2D eigenvalue weighted by molar-refractivity contribution is 14.1. The fourth-order valence-corrected chi connectivity index (χ4v) is 4.29. The average Bonchev–Trinajstić information content (AvgIpc) is 2.47. The monoisotopic (exact) mass is 430 g/mol. The Balaban J connectivity index is 2.76. The lowest BCUT2D eigenvalue weighted by atomic mass is 10.2. The van der Waals surface area contributed by atoms with Gasteiger partial charge in [-0.15, -0.1) is 11.3 Å². The van der Waals surface area contributed by atoms with Crippen molar-refractivity contribution in [2.24, 2.45) is 0 Å². The Morgan fingerprint density at radius 2 is 2.00 bits per heavy atom. The van der Waals surface area contributed by atoms with Crippen LogP contribution in [0.15, 0.2) is 18.2 Å². The van der Waals surface area contributed by atoms with E-state index in [1.807, 2.05) is 12.1 Å². The zero-order valence-corrected chi connectivity index (χ0v) is 11.9. The van der Waals surface area contributed by atoms with Crippen LogP contribution >= 0.6 is 56.5 Å². The molecule has 0 aliphatic heterocycles. The number of thiophene rings is 1. The van der Waals surface area contributed by atoms with E-state index >= 15 is 0 Å². The van der Waals surface area contributed by atoms with Gasteiger partial charge in [0.15, 0.2) is 0 Å². The van der Waals surface area contributed by atoms with Gasteiger partial charge in [0.05, 0.1) is 0 Å². The first-order chi connectivity index (χ1) is 6.58. The van der Waals surface area contributed by atoms with E-state index in [0.29, 0.717) is 4.88 Å². The molecule has 0 saturated carbocycles. The van der Waals surface area contributed by atoms with Gasteiger partial charge in [0, 0.05) is 11.8 Å². The maximum atomic E-state index is 10.8. The quantitative estimate of drug-likeness (QED) is 0.700. The van der Waals surface area contributed by atoms with Crippen LogP contribution in [0.25, 0.3) is 10.1 Å². The van der Waals surface area contributed by atoms with Crippen LogP contribution in [0.2, 0.25) is 0 Å². The molecule has 14 heavy (non-hydrogen) atoms. The van der Waals surface area contributed by atoms with E-state index < -0.39 is 5.97 Å². The Morgan fingerprint density at radius 1 is 1.29 bits per heavy atom. The number of halogens is 2. The molecular weight excluding hydrogens is 426 g/mol. The molecule has 1 N–H and O–H groups in total. The average molecular weight is 430 g/mol. The predicted octanol–water partition coefficient (Wildman–Crippen LogP) is 3.81. The van der Waals surface area contributed by atoms with E-state index in [0.717, 1.165) is 17.2 Å². The van der Waals surface area contributed by atoms with E-state index in [9.17, 15) is 4.79 Å². The summed E-state index contributed by atoms with van der Waals surface area (Å²) in [7, 11) is 0. The van der Waals surface area contributed by atoms with Gasteiger partial charge in [0.25, 0.3) is 0 Å². The molecule has 5 heteroatoms. The summed E-state index contributed by atoms with van der Waals surface area (Å²) in [6.45, 7) is 0. The van der Waals surface area contributed by atoms with Crippen molar-refractivity contribution in [3.8, 4) is 0 Å². The second-order valence-corrected chi connectivity index (χ2v) is 6.18. The van der Waals surface area contributed by atoms with Crippen molar-refractivity contribution < 1.29 is 9.90 Å². The maximum Gasteiger partial charge on any atom is 0.345 e. The minimum atomic E-state index is -0.850. The third-order valence-electron chi connectivity index (χ3n) is 1.75. The first kappa shape index (κ1) is 10.6. The first-order valence-electron chi connectivity index (χ1n) is 3.70. The van der Waals surface area contributed by atoms with Crippen molar-refractivity contribution >= 4 is 72.6 Å². The van der Waals surface area contributed by atoms with Crippen LogP contribution in [-0.4, -0.2) is 11.1 Å². The first-order valence-corrected chi connectivity index (χ1v) is 6.67. The van der Waals surface area contributed by atoms with Crippen LogP contribution in [0.4, 0.5) is 0 Å². The van der Waals surface area contributed by atoms with E-state index in [2.05, 4.69) is 45.2 Å². The number of carbonyl (C=O) groups is 1. The van der Waals surface area contributed by atoms with E-state index in [-0.39, 0.29) is 0 Å². The molecule has 0 bridgehead atoms. The van der Waals surface area contributed by atoms with E-state index in [4.69, 9.17) is 5.11 Å². The third-order valence-corrected chi connectivity index (χ3v) is 4.76. The summed E-state index contributed by atoms with van der Waals surface area (Å²) in [5.74, 6) is -0.850. The van der Waals surface area contributed by atoms with Crippen LogP contribution in [0, 0.1) is 7.14 Å². The number of carboxylic acid groups (broad SMARTS) is 1. The van der Waals surface area contributed by atoms with Crippen molar-refractivity contribution in [2.45, 2.75) is 0 Å². The summed E-state index contributed by atoms with van der Waals surface area (Å²) >= 11 is 5.80. The number of carboxylic acids is 1. The zero-order valence-electron chi connectivity index (χ0n) is 6.75. The normalized spacial score (nSPS) is 10.7. The lowest BCUT2D eigenvalue weighted by Crippen LogP contribution is -1.89. The molecule has 0 saturated heterocycles. The Kier molecular flexibility index (Phi) is 2.98. The number of benzene rings is 1. The summed E-state index contributed by atoms with van der Waals surface area (Å²) in [5.41, 5.74) is 0. The van der Waals surface area contributed by atoms with Gasteiger partial charge in [-0.2, -0.15) is 0 Å². The molecule has 0 fully saturated rings. The Hall–Kier alpha value is 0.110. The summed E-state index contributed by atoms with van der Waals surface area (Å²) < 4.78 is 3.31. The molecule has 0 spiro atoms. The fourth-order valence-electron chi connectivity index (χ4n) is 1.18. The minimum Gasteiger partial charge on any atom is -0.477 e. The van der Waals surface area contributed by atoms with Crippen molar-refractivity contribution in [3.63, 3.8) is 0 Å². The minimum absolute atomic E-state index is 0.403. The molecule has 2 nitrogen and oxygen atoms in total. The van der Waals surface area contributed by atoms with Crippen molar-refractivity contribution in [2.75, 3.05) is 0 Å². The molecule has 2 aromatic rings. The van der Waals surface area contributed by atoms with Crippen molar-refractivity contribution in [1.29, 1.82) is 0 Å². The van der Waals surface area contributed by atoms with Gasteiger partial charge in [0.1, 0.15) is 4.88 Å². The second-order valence-electron chi connectivity index (χ2n) is 2.72. The number of fused-ring (bicyclic) bond motifs is 1. The van der Waals surface area contributed by atoms with E-state index in [1.54, 1.807) is 6.07 Å². The molecule has 0 atom stereocenters. The SMILES string of the molecule is O=C(O)c1cc2cc(I)cc(I)c2s1. The topological polar surface area (TPSA) is 37.3 Å². The van der Waals surface area contributed by atoms with Crippen LogP contribution < -0.4 is 0 Å². The number of hydrogen-bond acceptors (Lipinski definition) is 2. The fraction of sp³-hybridized carbons (Fsp3) is 0. The zero-order chi connectivity index (χ0) is 10.3. The van der Waals surface area contributed by atoms with Gasteiger partial charge in [-0.25, -0.2) is 4.79 Å². The van der Waals surface area contributed by atoms with Gasteiger partial charge >= 0.3 is 5.97 Å². The molecule has 0 aliphatic carbocycles. The van der Waals surface area contributed by atoms with Crippen LogP contribution in [0.5, 0.6) is 0 Å². The third kappa shape index (κ3) is 1.89. The van der Waals surface area contributed by atoms with Gasteiger partial charge in [0.2, 0.25) is 0 Å². The molecule has 0 amide bonds. The molecule has 0 radical (unpaired) electrons. The summed E-state index contributed by atoms with van der Waals surface area (Å²) in [5, 5.41) is 9.87. The molecule has 1 heterocycles. The number of rotatable bonds is 1.